The number of ether oxygens (including phenoxy) is 2. The van der Waals surface area contributed by atoms with Crippen LogP contribution in [0.1, 0.15) is 17.2 Å². The van der Waals surface area contributed by atoms with E-state index < -0.39 is 0 Å². The molecule has 1 heterocycles. The first-order chi connectivity index (χ1) is 9.28. The quantitative estimate of drug-likeness (QED) is 0.630. The molecule has 0 aliphatic heterocycles. The largest absolute Gasteiger partial charge is 0.497 e. The smallest absolute Gasteiger partial charge is 0.127 e. The van der Waals surface area contributed by atoms with Crippen LogP contribution in [-0.2, 0) is 6.42 Å². The highest BCUT2D eigenvalue weighted by atomic mass is 32.1. The molecule has 1 unspecified atom stereocenters. The Kier molecular flexibility index (Phi) is 4.79. The van der Waals surface area contributed by atoms with E-state index in [1.165, 1.54) is 5.56 Å². The van der Waals surface area contributed by atoms with Crippen molar-refractivity contribution in [2.75, 3.05) is 14.2 Å². The van der Waals surface area contributed by atoms with E-state index in [0.717, 1.165) is 23.5 Å². The molecule has 1 atom stereocenters. The first-order valence-electron chi connectivity index (χ1n) is 5.97. The van der Waals surface area contributed by atoms with Crippen LogP contribution in [0.3, 0.4) is 0 Å². The molecule has 0 radical (unpaired) electrons. The summed E-state index contributed by atoms with van der Waals surface area (Å²) in [6, 6.07) is 7.87. The summed E-state index contributed by atoms with van der Waals surface area (Å²) in [5.41, 5.74) is 5.13. The molecule has 102 valence electrons. The maximum atomic E-state index is 5.68. The van der Waals surface area contributed by atoms with E-state index in [2.05, 4.69) is 22.3 Å². The Morgan fingerprint density at radius 1 is 1.26 bits per heavy atom. The highest BCUT2D eigenvalue weighted by Crippen LogP contribution is 2.31. The topological polar surface area (TPSA) is 56.5 Å². The number of nitrogens with one attached hydrogen (secondary N) is 1. The van der Waals surface area contributed by atoms with E-state index in [4.69, 9.17) is 15.3 Å². The third kappa shape index (κ3) is 3.26. The van der Waals surface area contributed by atoms with Gasteiger partial charge in [-0.1, -0.05) is 6.07 Å². The van der Waals surface area contributed by atoms with Gasteiger partial charge < -0.3 is 9.47 Å². The zero-order valence-electron chi connectivity index (χ0n) is 11.1. The maximum absolute atomic E-state index is 5.68. The third-order valence-electron chi connectivity index (χ3n) is 3.04. The number of hydrazine groups is 1. The molecule has 0 saturated carbocycles. The minimum atomic E-state index is 0.00968. The van der Waals surface area contributed by atoms with Gasteiger partial charge in [-0.05, 0) is 34.9 Å². The van der Waals surface area contributed by atoms with Crippen molar-refractivity contribution >= 4 is 11.3 Å². The number of hydrogen-bond donors (Lipinski definition) is 2. The van der Waals surface area contributed by atoms with Crippen molar-refractivity contribution < 1.29 is 9.47 Å². The minimum absolute atomic E-state index is 0.00968. The molecule has 19 heavy (non-hydrogen) atoms. The lowest BCUT2D eigenvalue weighted by Crippen LogP contribution is -2.29. The molecule has 0 saturated heterocycles. The summed E-state index contributed by atoms with van der Waals surface area (Å²) in [7, 11) is 3.29. The van der Waals surface area contributed by atoms with Crippen molar-refractivity contribution in [2.45, 2.75) is 12.5 Å². The lowest BCUT2D eigenvalue weighted by atomic mass is 10.00. The zero-order chi connectivity index (χ0) is 13.7. The van der Waals surface area contributed by atoms with Crippen LogP contribution in [-0.4, -0.2) is 14.2 Å². The SMILES string of the molecule is COc1ccc(C(Cc2ccsc2)NN)c(OC)c1. The normalized spacial score (nSPS) is 12.2. The predicted molar refractivity (Wildman–Crippen MR) is 77.6 cm³/mol. The fourth-order valence-corrected chi connectivity index (χ4v) is 2.69. The Bertz CT molecular complexity index is 514. The lowest BCUT2D eigenvalue weighted by Gasteiger charge is -2.19. The Labute approximate surface area is 117 Å². The number of benzene rings is 1. The standard InChI is InChI=1S/C14H18N2O2S/c1-17-11-3-4-12(14(8-11)18-2)13(16-15)7-10-5-6-19-9-10/h3-6,8-9,13,16H,7,15H2,1-2H3. The van der Waals surface area contributed by atoms with Crippen LogP contribution in [0.5, 0.6) is 11.5 Å². The van der Waals surface area contributed by atoms with Gasteiger partial charge in [0.25, 0.3) is 0 Å². The van der Waals surface area contributed by atoms with Crippen LogP contribution in [0.4, 0.5) is 0 Å². The van der Waals surface area contributed by atoms with E-state index in [1.807, 2.05) is 18.2 Å². The maximum Gasteiger partial charge on any atom is 0.127 e. The molecule has 0 spiro atoms. The molecule has 2 rings (SSSR count). The number of rotatable bonds is 6. The fourth-order valence-electron chi connectivity index (χ4n) is 2.01. The molecular formula is C14H18N2O2S. The van der Waals surface area contributed by atoms with Gasteiger partial charge in [0, 0.05) is 11.6 Å². The van der Waals surface area contributed by atoms with Crippen molar-refractivity contribution in [3.8, 4) is 11.5 Å². The van der Waals surface area contributed by atoms with Gasteiger partial charge in [0.15, 0.2) is 0 Å². The Balaban J connectivity index is 2.26. The minimum Gasteiger partial charge on any atom is -0.497 e. The molecule has 0 aliphatic rings. The number of nitrogens with two attached hydrogens (primary N) is 1. The summed E-state index contributed by atoms with van der Waals surface area (Å²) in [4.78, 5) is 0. The second-order valence-corrected chi connectivity index (χ2v) is 4.94. The molecule has 2 aromatic rings. The first-order valence-corrected chi connectivity index (χ1v) is 6.92. The molecule has 4 nitrogen and oxygen atoms in total. The summed E-state index contributed by atoms with van der Waals surface area (Å²) in [6.07, 6.45) is 0.822. The van der Waals surface area contributed by atoms with Crippen LogP contribution >= 0.6 is 11.3 Å². The van der Waals surface area contributed by atoms with Gasteiger partial charge in [0.1, 0.15) is 11.5 Å². The number of hydrogen-bond acceptors (Lipinski definition) is 5. The second kappa shape index (κ2) is 6.56. The predicted octanol–water partition coefficient (Wildman–Crippen LogP) is 2.51. The molecule has 0 fully saturated rings. The fraction of sp³-hybridized carbons (Fsp3) is 0.286. The molecular weight excluding hydrogens is 260 g/mol. The molecule has 0 bridgehead atoms. The van der Waals surface area contributed by atoms with Gasteiger partial charge in [-0.2, -0.15) is 11.3 Å². The number of thiophene rings is 1. The van der Waals surface area contributed by atoms with E-state index in [9.17, 15) is 0 Å². The van der Waals surface area contributed by atoms with E-state index in [0.29, 0.717) is 0 Å². The van der Waals surface area contributed by atoms with Gasteiger partial charge in [0.05, 0.1) is 20.3 Å². The molecule has 1 aromatic heterocycles. The van der Waals surface area contributed by atoms with E-state index >= 15 is 0 Å². The van der Waals surface area contributed by atoms with Crippen LogP contribution in [0.25, 0.3) is 0 Å². The van der Waals surface area contributed by atoms with Crippen molar-refractivity contribution in [3.63, 3.8) is 0 Å². The molecule has 0 amide bonds. The van der Waals surface area contributed by atoms with Gasteiger partial charge in [-0.15, -0.1) is 0 Å². The summed E-state index contributed by atoms with van der Waals surface area (Å²) < 4.78 is 10.6. The van der Waals surface area contributed by atoms with Crippen molar-refractivity contribution in [3.05, 3.63) is 46.2 Å². The third-order valence-corrected chi connectivity index (χ3v) is 3.77. The van der Waals surface area contributed by atoms with Gasteiger partial charge >= 0.3 is 0 Å². The van der Waals surface area contributed by atoms with Crippen LogP contribution in [0.15, 0.2) is 35.0 Å². The summed E-state index contributed by atoms with van der Waals surface area (Å²) in [5.74, 6) is 7.23. The molecule has 0 aliphatic carbocycles. The molecule has 1 aromatic carbocycles. The van der Waals surface area contributed by atoms with E-state index in [1.54, 1.807) is 25.6 Å². The average molecular weight is 278 g/mol. The van der Waals surface area contributed by atoms with Crippen LogP contribution in [0, 0.1) is 0 Å². The van der Waals surface area contributed by atoms with Crippen LogP contribution in [0.2, 0.25) is 0 Å². The highest BCUT2D eigenvalue weighted by molar-refractivity contribution is 7.07. The Morgan fingerprint density at radius 3 is 2.68 bits per heavy atom. The van der Waals surface area contributed by atoms with Crippen molar-refractivity contribution in [1.29, 1.82) is 0 Å². The summed E-state index contributed by atoms with van der Waals surface area (Å²) in [6.45, 7) is 0. The summed E-state index contributed by atoms with van der Waals surface area (Å²) in [5, 5.41) is 4.19. The Hall–Kier alpha value is -1.56. The Morgan fingerprint density at radius 2 is 2.11 bits per heavy atom. The van der Waals surface area contributed by atoms with Crippen molar-refractivity contribution in [1.82, 2.24) is 5.43 Å². The zero-order valence-corrected chi connectivity index (χ0v) is 11.9. The summed E-state index contributed by atoms with van der Waals surface area (Å²) >= 11 is 1.68. The van der Waals surface area contributed by atoms with Gasteiger partial charge in [-0.25, -0.2) is 0 Å². The average Bonchev–Trinajstić information content (AvgIpc) is 2.97. The first kappa shape index (κ1) is 13.9. The molecule has 3 N–H and O–H groups in total. The van der Waals surface area contributed by atoms with Gasteiger partial charge in [-0.3, -0.25) is 11.3 Å². The highest BCUT2D eigenvalue weighted by Gasteiger charge is 2.16. The molecule has 5 heteroatoms. The second-order valence-electron chi connectivity index (χ2n) is 4.16. The monoisotopic (exact) mass is 278 g/mol. The number of methoxy groups -OCH3 is 2. The van der Waals surface area contributed by atoms with Crippen LogP contribution < -0.4 is 20.7 Å². The van der Waals surface area contributed by atoms with Crippen molar-refractivity contribution in [2.24, 2.45) is 5.84 Å². The van der Waals surface area contributed by atoms with E-state index in [-0.39, 0.29) is 6.04 Å². The lowest BCUT2D eigenvalue weighted by molar-refractivity contribution is 0.384. The van der Waals surface area contributed by atoms with Gasteiger partial charge in [0.2, 0.25) is 0 Å².